The summed E-state index contributed by atoms with van der Waals surface area (Å²) in [6.45, 7) is 0.291. The topological polar surface area (TPSA) is 90.6 Å². The van der Waals surface area contributed by atoms with Gasteiger partial charge >= 0.3 is 5.69 Å². The lowest BCUT2D eigenvalue weighted by Crippen LogP contribution is -2.23. The minimum atomic E-state index is -0.306. The molecular weight excluding hydrogens is 387 g/mol. The van der Waals surface area contributed by atoms with E-state index in [4.69, 9.17) is 4.74 Å². The molecule has 3 aromatic rings. The van der Waals surface area contributed by atoms with Gasteiger partial charge in [0.25, 0.3) is 0 Å². The van der Waals surface area contributed by atoms with Gasteiger partial charge in [-0.1, -0.05) is 6.07 Å². The number of H-pyrrole nitrogens is 1. The van der Waals surface area contributed by atoms with Crippen LogP contribution in [0.5, 0.6) is 5.88 Å². The summed E-state index contributed by atoms with van der Waals surface area (Å²) in [5.41, 5.74) is 1.20. The van der Waals surface area contributed by atoms with E-state index in [2.05, 4.69) is 43.2 Å². The van der Waals surface area contributed by atoms with Gasteiger partial charge in [0.15, 0.2) is 0 Å². The van der Waals surface area contributed by atoms with E-state index in [1.807, 2.05) is 18.2 Å². The molecule has 108 valence electrons. The molecule has 0 aliphatic carbocycles. The second-order valence-corrected chi connectivity index (χ2v) is 5.41. The summed E-state index contributed by atoms with van der Waals surface area (Å²) in [4.78, 5) is 12.0. The predicted molar refractivity (Wildman–Crippen MR) is 82.2 cm³/mol. The van der Waals surface area contributed by atoms with Gasteiger partial charge in [-0.2, -0.15) is 14.5 Å². The number of benzene rings is 1. The Morgan fingerprint density at radius 2 is 2.19 bits per heavy atom. The Morgan fingerprint density at radius 3 is 2.86 bits per heavy atom. The van der Waals surface area contributed by atoms with Crippen molar-refractivity contribution in [2.45, 2.75) is 6.61 Å². The molecule has 2 heterocycles. The smallest absolute Gasteiger partial charge is 0.368 e. The highest BCUT2D eigenvalue weighted by Crippen LogP contribution is 2.21. The summed E-state index contributed by atoms with van der Waals surface area (Å²) in [5.74, 6) is 0.562. The fraction of sp³-hybridized carbons (Fsp3) is 0.167. The van der Waals surface area contributed by atoms with Crippen LogP contribution in [0.2, 0.25) is 0 Å². The summed E-state index contributed by atoms with van der Waals surface area (Å²) in [6.07, 6.45) is 1.61. The third kappa shape index (κ3) is 2.68. The molecule has 0 radical (unpaired) electrons. The SMILES string of the molecule is Cn1nnn(-c2cccc(I)c2COc2ccn[nH]2)c1=O. The average molecular weight is 398 g/mol. The molecule has 0 saturated carbocycles. The Balaban J connectivity index is 1.99. The quantitative estimate of drug-likeness (QED) is 0.659. The van der Waals surface area contributed by atoms with E-state index in [1.165, 1.54) is 9.36 Å². The maximum atomic E-state index is 12.0. The largest absolute Gasteiger partial charge is 0.473 e. The van der Waals surface area contributed by atoms with Crippen LogP contribution in [0.4, 0.5) is 0 Å². The number of aromatic amines is 1. The van der Waals surface area contributed by atoms with Gasteiger partial charge in [-0.25, -0.2) is 9.89 Å². The van der Waals surface area contributed by atoms with Crippen molar-refractivity contribution in [3.63, 3.8) is 0 Å². The normalized spacial score (nSPS) is 10.8. The van der Waals surface area contributed by atoms with Crippen molar-refractivity contribution in [3.05, 3.63) is 50.1 Å². The fourth-order valence-electron chi connectivity index (χ4n) is 1.83. The van der Waals surface area contributed by atoms with Gasteiger partial charge in [0.2, 0.25) is 5.88 Å². The third-order valence-corrected chi connectivity index (χ3v) is 3.90. The molecule has 0 saturated heterocycles. The Labute approximate surface area is 132 Å². The van der Waals surface area contributed by atoms with E-state index < -0.39 is 0 Å². The zero-order valence-corrected chi connectivity index (χ0v) is 13.2. The molecule has 1 aromatic carbocycles. The maximum absolute atomic E-state index is 12.0. The molecule has 0 amide bonds. The number of hydrogen-bond donors (Lipinski definition) is 1. The first-order chi connectivity index (χ1) is 10.2. The monoisotopic (exact) mass is 398 g/mol. The van der Waals surface area contributed by atoms with E-state index >= 15 is 0 Å². The second kappa shape index (κ2) is 5.68. The van der Waals surface area contributed by atoms with E-state index in [-0.39, 0.29) is 5.69 Å². The Morgan fingerprint density at radius 1 is 1.33 bits per heavy atom. The van der Waals surface area contributed by atoms with Crippen LogP contribution in [0.25, 0.3) is 5.69 Å². The first-order valence-electron chi connectivity index (χ1n) is 6.06. The number of nitrogens with one attached hydrogen (secondary N) is 1. The van der Waals surface area contributed by atoms with Crippen LogP contribution in [-0.2, 0) is 13.7 Å². The molecule has 21 heavy (non-hydrogen) atoms. The van der Waals surface area contributed by atoms with Crippen LogP contribution < -0.4 is 10.4 Å². The fourth-order valence-corrected chi connectivity index (χ4v) is 2.47. The van der Waals surface area contributed by atoms with Gasteiger partial charge in [0, 0.05) is 22.2 Å². The number of halogens is 1. The minimum Gasteiger partial charge on any atom is -0.473 e. The number of ether oxygens (including phenoxy) is 1. The highest BCUT2D eigenvalue weighted by Gasteiger charge is 2.14. The number of rotatable bonds is 4. The molecule has 0 aliphatic heterocycles. The molecule has 0 atom stereocenters. The van der Waals surface area contributed by atoms with Crippen LogP contribution in [0.15, 0.2) is 35.3 Å². The first kappa shape index (κ1) is 13.8. The molecule has 0 fully saturated rings. The van der Waals surface area contributed by atoms with Crippen molar-refractivity contribution in [2.24, 2.45) is 7.05 Å². The van der Waals surface area contributed by atoms with Gasteiger partial charge in [-0.3, -0.25) is 0 Å². The standard InChI is InChI=1S/C12H11IN6O2/c1-18-12(20)19(17-16-18)10-4-2-3-9(13)8(10)7-21-11-5-6-14-15-11/h2-6H,7H2,1H3,(H,14,15). The number of nitrogens with zero attached hydrogens (tertiary/aromatic N) is 5. The Hall–Kier alpha value is -2.17. The molecule has 3 rings (SSSR count). The van der Waals surface area contributed by atoms with Crippen molar-refractivity contribution in [1.82, 2.24) is 30.0 Å². The van der Waals surface area contributed by atoms with Gasteiger partial charge in [-0.05, 0) is 45.2 Å². The molecule has 9 heteroatoms. The highest BCUT2D eigenvalue weighted by atomic mass is 127. The summed E-state index contributed by atoms with van der Waals surface area (Å²) >= 11 is 2.20. The third-order valence-electron chi connectivity index (χ3n) is 2.89. The molecule has 1 N–H and O–H groups in total. The van der Waals surface area contributed by atoms with Gasteiger partial charge in [0.1, 0.15) is 6.61 Å². The van der Waals surface area contributed by atoms with Crippen molar-refractivity contribution in [3.8, 4) is 11.6 Å². The van der Waals surface area contributed by atoms with Crippen LogP contribution in [0.3, 0.4) is 0 Å². The number of tetrazole rings is 1. The van der Waals surface area contributed by atoms with E-state index in [9.17, 15) is 4.79 Å². The summed E-state index contributed by atoms with van der Waals surface area (Å²) in [7, 11) is 1.56. The van der Waals surface area contributed by atoms with Crippen LogP contribution in [-0.4, -0.2) is 30.0 Å². The minimum absolute atomic E-state index is 0.291. The first-order valence-corrected chi connectivity index (χ1v) is 7.13. The van der Waals surface area contributed by atoms with E-state index in [0.717, 1.165) is 9.13 Å². The van der Waals surface area contributed by atoms with Gasteiger partial charge < -0.3 is 4.74 Å². The zero-order chi connectivity index (χ0) is 14.8. The Kier molecular flexibility index (Phi) is 3.73. The molecular formula is C12H11IN6O2. The lowest BCUT2D eigenvalue weighted by molar-refractivity contribution is 0.292. The Bertz CT molecular complexity index is 808. The van der Waals surface area contributed by atoms with Crippen molar-refractivity contribution in [1.29, 1.82) is 0 Å². The summed E-state index contributed by atoms with van der Waals surface area (Å²) < 4.78 is 9.04. The van der Waals surface area contributed by atoms with Crippen molar-refractivity contribution < 1.29 is 4.74 Å². The van der Waals surface area contributed by atoms with Gasteiger partial charge in [-0.15, -0.1) is 0 Å². The van der Waals surface area contributed by atoms with Crippen molar-refractivity contribution in [2.75, 3.05) is 0 Å². The summed E-state index contributed by atoms with van der Waals surface area (Å²) in [6, 6.07) is 7.34. The number of aryl methyl sites for hydroxylation is 1. The molecule has 0 spiro atoms. The lowest BCUT2D eigenvalue weighted by atomic mass is 10.2. The maximum Gasteiger partial charge on any atom is 0.368 e. The zero-order valence-electron chi connectivity index (χ0n) is 11.0. The van der Waals surface area contributed by atoms with Crippen LogP contribution in [0.1, 0.15) is 5.56 Å². The van der Waals surface area contributed by atoms with Crippen molar-refractivity contribution >= 4 is 22.6 Å². The average Bonchev–Trinajstić information content (AvgIpc) is 3.09. The number of hydrogen-bond acceptors (Lipinski definition) is 5. The predicted octanol–water partition coefficient (Wildman–Crippen LogP) is 0.873. The van der Waals surface area contributed by atoms with Crippen LogP contribution in [0, 0.1) is 3.57 Å². The molecule has 2 aromatic heterocycles. The number of aromatic nitrogens is 6. The molecule has 0 aliphatic rings. The molecule has 0 unspecified atom stereocenters. The molecule has 0 bridgehead atoms. The van der Waals surface area contributed by atoms with Gasteiger partial charge in [0.05, 0.1) is 11.9 Å². The van der Waals surface area contributed by atoms with E-state index in [0.29, 0.717) is 18.2 Å². The summed E-state index contributed by atoms with van der Waals surface area (Å²) in [5, 5.41) is 14.1. The second-order valence-electron chi connectivity index (χ2n) is 4.24. The van der Waals surface area contributed by atoms with E-state index in [1.54, 1.807) is 19.3 Å². The highest BCUT2D eigenvalue weighted by molar-refractivity contribution is 14.1. The lowest BCUT2D eigenvalue weighted by Gasteiger charge is -2.10. The molecule has 8 nitrogen and oxygen atoms in total. The van der Waals surface area contributed by atoms with Crippen LogP contribution >= 0.6 is 22.6 Å².